The monoisotopic (exact) mass is 537 g/mol. The molecule has 212 valence electrons. The predicted molar refractivity (Wildman–Crippen MR) is 155 cm³/mol. The molecule has 0 bridgehead atoms. The molecule has 0 aliphatic rings. The van der Waals surface area contributed by atoms with E-state index in [1.165, 1.54) is 0 Å². The van der Waals surface area contributed by atoms with Crippen LogP contribution >= 0.6 is 0 Å². The van der Waals surface area contributed by atoms with Crippen molar-refractivity contribution in [2.45, 2.75) is 65.5 Å². The smallest absolute Gasteiger partial charge is 0.305 e. The lowest BCUT2D eigenvalue weighted by Gasteiger charge is -2.17. The van der Waals surface area contributed by atoms with E-state index in [4.69, 9.17) is 14.2 Å². The number of carbonyl (C=O) groups is 2. The second kappa shape index (κ2) is 15.8. The molecule has 8 nitrogen and oxygen atoms in total. The van der Waals surface area contributed by atoms with Gasteiger partial charge in [0, 0.05) is 44.2 Å². The van der Waals surface area contributed by atoms with E-state index in [1.54, 1.807) is 14.0 Å². The number of hydrogen-bond donors (Lipinski definition) is 2. The van der Waals surface area contributed by atoms with Gasteiger partial charge in [0.1, 0.15) is 6.61 Å². The highest BCUT2D eigenvalue weighted by Crippen LogP contribution is 2.27. The zero-order valence-corrected chi connectivity index (χ0v) is 23.8. The Kier molecular flexibility index (Phi) is 12.2. The van der Waals surface area contributed by atoms with E-state index in [2.05, 4.69) is 30.5 Å². The zero-order chi connectivity index (χ0) is 28.0. The summed E-state index contributed by atoms with van der Waals surface area (Å²) in [6.07, 6.45) is 5.85. The summed E-state index contributed by atoms with van der Waals surface area (Å²) in [6.45, 7) is 9.00. The fourth-order valence-corrected chi connectivity index (χ4v) is 4.56. The van der Waals surface area contributed by atoms with Crippen LogP contribution < -0.4 is 20.1 Å². The minimum absolute atomic E-state index is 0.124. The quantitative estimate of drug-likeness (QED) is 0.183. The number of carbonyl (C=O) groups excluding carboxylic acids is 2. The Hall–Kier alpha value is -3.52. The predicted octanol–water partition coefficient (Wildman–Crippen LogP) is 5.12. The molecule has 1 heterocycles. The molecule has 1 amide bonds. The van der Waals surface area contributed by atoms with Crippen LogP contribution in [0, 0.1) is 0 Å². The van der Waals surface area contributed by atoms with Crippen molar-refractivity contribution in [1.82, 2.24) is 15.2 Å². The Morgan fingerprint density at radius 1 is 1.00 bits per heavy atom. The summed E-state index contributed by atoms with van der Waals surface area (Å²) in [7, 11) is 1.64. The number of nitrogens with zero attached hydrogens (tertiary/aromatic N) is 1. The number of fused-ring (bicyclic) bond motifs is 1. The van der Waals surface area contributed by atoms with Gasteiger partial charge in [-0.25, -0.2) is 0 Å². The van der Waals surface area contributed by atoms with Gasteiger partial charge in [0.25, 0.3) is 5.91 Å². The number of para-hydroxylation sites is 2. The van der Waals surface area contributed by atoms with Gasteiger partial charge in [0.15, 0.2) is 11.5 Å². The lowest BCUT2D eigenvalue weighted by Crippen LogP contribution is -2.32. The van der Waals surface area contributed by atoms with Crippen LogP contribution in [0.3, 0.4) is 0 Å². The fourth-order valence-electron chi connectivity index (χ4n) is 4.56. The molecule has 3 rings (SSSR count). The summed E-state index contributed by atoms with van der Waals surface area (Å²) in [5.74, 6) is 1.22. The molecule has 0 saturated heterocycles. The van der Waals surface area contributed by atoms with Crippen LogP contribution in [-0.4, -0.2) is 55.9 Å². The van der Waals surface area contributed by atoms with Crippen LogP contribution in [0.2, 0.25) is 0 Å². The molecule has 0 aliphatic carbocycles. The van der Waals surface area contributed by atoms with Crippen molar-refractivity contribution in [3.8, 4) is 11.5 Å². The number of benzene rings is 2. The second-order valence-electron chi connectivity index (χ2n) is 9.63. The average Bonchev–Trinajstić information content (AvgIpc) is 3.34. The van der Waals surface area contributed by atoms with Crippen molar-refractivity contribution in [2.75, 3.05) is 33.4 Å². The molecular formula is C31H43N3O5. The number of rotatable bonds is 17. The summed E-state index contributed by atoms with van der Waals surface area (Å²) in [5, 5.41) is 7.31. The lowest BCUT2D eigenvalue weighted by molar-refractivity contribution is -0.143. The van der Waals surface area contributed by atoms with Crippen LogP contribution in [0.15, 0.2) is 48.7 Å². The third-order valence-corrected chi connectivity index (χ3v) is 6.48. The topological polar surface area (TPSA) is 90.8 Å². The maximum atomic E-state index is 12.8. The number of aryl methyl sites for hydroxylation is 1. The molecule has 2 aromatic carbocycles. The molecule has 1 atom stereocenters. The Morgan fingerprint density at radius 3 is 2.44 bits per heavy atom. The van der Waals surface area contributed by atoms with E-state index in [9.17, 15) is 9.59 Å². The lowest BCUT2D eigenvalue weighted by atomic mass is 10.0. The Labute approximate surface area is 232 Å². The molecular weight excluding hydrogens is 494 g/mol. The third kappa shape index (κ3) is 9.03. The first kappa shape index (κ1) is 30.0. The standard InChI is InChI=1S/C31H43N3O5/c1-5-7-18-38-27-11-8-9-12-28(27)39-19-15-33-23(3)20-24-21-25-14-17-34(16-10-13-29(35)37-6-2)30(25)26(22-24)31(36)32-4/h8-9,11-12,14,17,21-23,33H,5-7,10,13,15-16,18-20H2,1-4H3,(H,32,36). The number of aromatic nitrogens is 1. The number of amides is 1. The Bertz CT molecular complexity index is 1210. The van der Waals surface area contributed by atoms with Crippen molar-refractivity contribution in [1.29, 1.82) is 0 Å². The Morgan fingerprint density at radius 2 is 1.74 bits per heavy atom. The number of nitrogens with one attached hydrogen (secondary N) is 2. The van der Waals surface area contributed by atoms with Crippen molar-refractivity contribution < 1.29 is 23.8 Å². The van der Waals surface area contributed by atoms with E-state index >= 15 is 0 Å². The van der Waals surface area contributed by atoms with Crippen LogP contribution in [-0.2, 0) is 22.5 Å². The summed E-state index contributed by atoms with van der Waals surface area (Å²) in [4.78, 5) is 24.5. The molecule has 0 aliphatic heterocycles. The first-order valence-electron chi connectivity index (χ1n) is 14.0. The molecule has 3 aromatic rings. The van der Waals surface area contributed by atoms with E-state index in [1.807, 2.05) is 47.2 Å². The minimum atomic E-state index is -0.195. The first-order valence-corrected chi connectivity index (χ1v) is 14.0. The van der Waals surface area contributed by atoms with E-state index in [-0.39, 0.29) is 17.9 Å². The number of unbranched alkanes of at least 4 members (excludes halogenated alkanes) is 1. The molecule has 39 heavy (non-hydrogen) atoms. The van der Waals surface area contributed by atoms with Crippen LogP contribution in [0.25, 0.3) is 10.9 Å². The molecule has 0 spiro atoms. The maximum absolute atomic E-state index is 12.8. The van der Waals surface area contributed by atoms with Gasteiger partial charge in [-0.2, -0.15) is 0 Å². The van der Waals surface area contributed by atoms with Crippen molar-refractivity contribution in [2.24, 2.45) is 0 Å². The number of esters is 1. The highest BCUT2D eigenvalue weighted by Gasteiger charge is 2.16. The molecule has 2 N–H and O–H groups in total. The van der Waals surface area contributed by atoms with E-state index in [0.717, 1.165) is 47.2 Å². The van der Waals surface area contributed by atoms with Gasteiger partial charge in [-0.1, -0.05) is 25.5 Å². The third-order valence-electron chi connectivity index (χ3n) is 6.48. The molecule has 0 fully saturated rings. The van der Waals surface area contributed by atoms with Gasteiger partial charge < -0.3 is 29.4 Å². The van der Waals surface area contributed by atoms with Crippen molar-refractivity contribution in [3.05, 3.63) is 59.8 Å². The average molecular weight is 538 g/mol. The van der Waals surface area contributed by atoms with Gasteiger partial charge in [-0.05, 0) is 69.0 Å². The second-order valence-corrected chi connectivity index (χ2v) is 9.63. The van der Waals surface area contributed by atoms with E-state index in [0.29, 0.717) is 51.3 Å². The SMILES string of the molecule is CCCCOc1ccccc1OCCNC(C)Cc1cc(C(=O)NC)c2c(ccn2CCCC(=O)OCC)c1. The maximum Gasteiger partial charge on any atom is 0.305 e. The molecule has 8 heteroatoms. The zero-order valence-electron chi connectivity index (χ0n) is 23.8. The van der Waals surface area contributed by atoms with Crippen molar-refractivity contribution in [3.63, 3.8) is 0 Å². The van der Waals surface area contributed by atoms with E-state index < -0.39 is 0 Å². The first-order chi connectivity index (χ1) is 19.0. The van der Waals surface area contributed by atoms with Crippen LogP contribution in [0.1, 0.15) is 62.4 Å². The van der Waals surface area contributed by atoms with Gasteiger partial charge in [-0.3, -0.25) is 9.59 Å². The summed E-state index contributed by atoms with van der Waals surface area (Å²) in [6, 6.07) is 14.1. The molecule has 1 aromatic heterocycles. The van der Waals surface area contributed by atoms with Crippen LogP contribution in [0.4, 0.5) is 0 Å². The van der Waals surface area contributed by atoms with Gasteiger partial charge >= 0.3 is 5.97 Å². The fraction of sp³-hybridized carbons (Fsp3) is 0.484. The van der Waals surface area contributed by atoms with Gasteiger partial charge in [-0.15, -0.1) is 0 Å². The van der Waals surface area contributed by atoms with Crippen LogP contribution in [0.5, 0.6) is 11.5 Å². The number of hydrogen-bond acceptors (Lipinski definition) is 6. The summed E-state index contributed by atoms with van der Waals surface area (Å²) in [5.41, 5.74) is 2.61. The highest BCUT2D eigenvalue weighted by molar-refractivity contribution is 6.06. The minimum Gasteiger partial charge on any atom is -0.490 e. The molecule has 0 saturated carbocycles. The highest BCUT2D eigenvalue weighted by atomic mass is 16.5. The normalized spacial score (nSPS) is 11.8. The molecule has 1 unspecified atom stereocenters. The molecule has 0 radical (unpaired) electrons. The largest absolute Gasteiger partial charge is 0.490 e. The Balaban J connectivity index is 1.58. The van der Waals surface area contributed by atoms with Gasteiger partial charge in [0.05, 0.1) is 24.3 Å². The summed E-state index contributed by atoms with van der Waals surface area (Å²) < 4.78 is 18.9. The number of ether oxygens (including phenoxy) is 3. The van der Waals surface area contributed by atoms with Gasteiger partial charge in [0.2, 0.25) is 0 Å². The van der Waals surface area contributed by atoms with Crippen molar-refractivity contribution >= 4 is 22.8 Å². The summed E-state index contributed by atoms with van der Waals surface area (Å²) >= 11 is 0.